The molecule has 0 amide bonds. The first-order chi connectivity index (χ1) is 3.68. The third-order valence-electron chi connectivity index (χ3n) is 1.97. The van der Waals surface area contributed by atoms with Crippen LogP contribution in [0.4, 0.5) is 0 Å². The molecule has 0 bridgehead atoms. The molecule has 0 saturated carbocycles. The van der Waals surface area contributed by atoms with Gasteiger partial charge in [0.2, 0.25) is 0 Å². The second-order valence-corrected chi connectivity index (χ2v) is 2.29. The van der Waals surface area contributed by atoms with Gasteiger partial charge in [0.15, 0.2) is 0 Å². The van der Waals surface area contributed by atoms with Crippen LogP contribution in [0.25, 0.3) is 0 Å². The summed E-state index contributed by atoms with van der Waals surface area (Å²) in [5, 5.41) is 9.44. The van der Waals surface area contributed by atoms with Crippen LogP contribution in [-0.4, -0.2) is 10.7 Å². The van der Waals surface area contributed by atoms with Gasteiger partial charge >= 0.3 is 0 Å². The molecule has 1 N–H and O–H groups in total. The Balaban J connectivity index is 0. The Hall–Kier alpha value is 0.700. The molecule has 0 aromatic carbocycles. The standard InChI is InChI=1S/C7H16O.Ta/c1-4-7(8,5-2)6-3;/h8H,4-6H2,1-3H3;. The predicted octanol–water partition coefficient (Wildman–Crippen LogP) is 1.95. The van der Waals surface area contributed by atoms with Crippen LogP contribution in [0.1, 0.15) is 40.0 Å². The summed E-state index contributed by atoms with van der Waals surface area (Å²) in [6.07, 6.45) is 2.62. The van der Waals surface area contributed by atoms with Crippen LogP contribution >= 0.6 is 0 Å². The Labute approximate surface area is 73.4 Å². The van der Waals surface area contributed by atoms with Gasteiger partial charge in [0, 0.05) is 22.4 Å². The van der Waals surface area contributed by atoms with Crippen LogP contribution in [0.15, 0.2) is 0 Å². The van der Waals surface area contributed by atoms with Crippen molar-refractivity contribution in [1.29, 1.82) is 0 Å². The minimum atomic E-state index is -0.375. The smallest absolute Gasteiger partial charge is 0.0640 e. The van der Waals surface area contributed by atoms with Gasteiger partial charge in [-0.3, -0.25) is 0 Å². The molecule has 0 spiro atoms. The fourth-order valence-corrected chi connectivity index (χ4v) is 0.750. The van der Waals surface area contributed by atoms with Crippen molar-refractivity contribution >= 4 is 0 Å². The van der Waals surface area contributed by atoms with E-state index in [0.717, 1.165) is 19.3 Å². The Morgan fingerprint density at radius 3 is 1.22 bits per heavy atom. The molecule has 0 aliphatic rings. The molecular formula is C7H16OTa. The molecule has 0 saturated heterocycles. The zero-order chi connectivity index (χ0) is 6.62. The summed E-state index contributed by atoms with van der Waals surface area (Å²) in [4.78, 5) is 0. The summed E-state index contributed by atoms with van der Waals surface area (Å²) < 4.78 is 0. The second kappa shape index (κ2) is 5.48. The molecular weight excluding hydrogens is 281 g/mol. The van der Waals surface area contributed by atoms with Gasteiger partial charge in [-0.05, 0) is 19.3 Å². The van der Waals surface area contributed by atoms with E-state index in [1.165, 1.54) is 0 Å². The summed E-state index contributed by atoms with van der Waals surface area (Å²) in [6, 6.07) is 0. The number of hydrogen-bond acceptors (Lipinski definition) is 1. The molecule has 0 heterocycles. The van der Waals surface area contributed by atoms with E-state index >= 15 is 0 Å². The minimum absolute atomic E-state index is 0. The monoisotopic (exact) mass is 297 g/mol. The third kappa shape index (κ3) is 4.15. The van der Waals surface area contributed by atoms with E-state index in [0.29, 0.717) is 0 Å². The number of hydrogen-bond donors (Lipinski definition) is 1. The van der Waals surface area contributed by atoms with Gasteiger partial charge in [0.05, 0.1) is 5.60 Å². The normalized spacial score (nSPS) is 10.7. The Morgan fingerprint density at radius 2 is 1.22 bits per heavy atom. The minimum Gasteiger partial charge on any atom is -0.390 e. The zero-order valence-corrected chi connectivity index (χ0v) is 9.73. The Kier molecular flexibility index (Phi) is 7.54. The van der Waals surface area contributed by atoms with E-state index in [-0.39, 0.29) is 28.0 Å². The van der Waals surface area contributed by atoms with Gasteiger partial charge in [0.25, 0.3) is 0 Å². The first kappa shape index (κ1) is 12.4. The molecule has 0 atom stereocenters. The van der Waals surface area contributed by atoms with Crippen LogP contribution < -0.4 is 0 Å². The maximum atomic E-state index is 9.44. The van der Waals surface area contributed by atoms with Crippen molar-refractivity contribution in [2.24, 2.45) is 0 Å². The first-order valence-electron chi connectivity index (χ1n) is 3.41. The molecule has 1 radical (unpaired) electrons. The number of rotatable bonds is 3. The molecule has 9 heavy (non-hydrogen) atoms. The fourth-order valence-electron chi connectivity index (χ4n) is 0.750. The van der Waals surface area contributed by atoms with Crippen LogP contribution in [0, 0.1) is 0 Å². The van der Waals surface area contributed by atoms with E-state index in [4.69, 9.17) is 0 Å². The van der Waals surface area contributed by atoms with E-state index in [1.54, 1.807) is 0 Å². The van der Waals surface area contributed by atoms with Crippen LogP contribution in [-0.2, 0) is 22.4 Å². The summed E-state index contributed by atoms with van der Waals surface area (Å²) >= 11 is 0. The molecule has 0 rings (SSSR count). The molecule has 0 aromatic rings. The zero-order valence-electron chi connectivity index (χ0n) is 6.52. The van der Waals surface area contributed by atoms with Gasteiger partial charge < -0.3 is 5.11 Å². The van der Waals surface area contributed by atoms with Gasteiger partial charge in [-0.2, -0.15) is 0 Å². The second-order valence-electron chi connectivity index (χ2n) is 2.29. The van der Waals surface area contributed by atoms with Crippen LogP contribution in [0.5, 0.6) is 0 Å². The maximum Gasteiger partial charge on any atom is 0.0640 e. The van der Waals surface area contributed by atoms with E-state index in [9.17, 15) is 5.11 Å². The molecule has 0 aliphatic carbocycles. The summed E-state index contributed by atoms with van der Waals surface area (Å²) in [6.45, 7) is 6.06. The van der Waals surface area contributed by atoms with Gasteiger partial charge in [-0.25, -0.2) is 0 Å². The average molecular weight is 297 g/mol. The molecule has 2 heteroatoms. The molecule has 0 aliphatic heterocycles. The van der Waals surface area contributed by atoms with Crippen molar-refractivity contribution in [3.05, 3.63) is 0 Å². The van der Waals surface area contributed by atoms with Crippen LogP contribution in [0.2, 0.25) is 0 Å². The fraction of sp³-hybridized carbons (Fsp3) is 1.00. The Morgan fingerprint density at radius 1 is 1.00 bits per heavy atom. The number of aliphatic hydroxyl groups is 1. The van der Waals surface area contributed by atoms with Crippen molar-refractivity contribution in [3.8, 4) is 0 Å². The topological polar surface area (TPSA) is 20.2 Å². The van der Waals surface area contributed by atoms with Crippen molar-refractivity contribution in [1.82, 2.24) is 0 Å². The van der Waals surface area contributed by atoms with Crippen molar-refractivity contribution < 1.29 is 27.5 Å². The SMILES string of the molecule is CCC(O)(CC)CC.[Ta]. The van der Waals surface area contributed by atoms with Crippen LogP contribution in [0.3, 0.4) is 0 Å². The van der Waals surface area contributed by atoms with Gasteiger partial charge in [0.1, 0.15) is 0 Å². The molecule has 55 valence electrons. The first-order valence-corrected chi connectivity index (χ1v) is 3.41. The van der Waals surface area contributed by atoms with E-state index < -0.39 is 0 Å². The van der Waals surface area contributed by atoms with E-state index in [2.05, 4.69) is 0 Å². The third-order valence-corrected chi connectivity index (χ3v) is 1.97. The molecule has 1 nitrogen and oxygen atoms in total. The molecule has 0 fully saturated rings. The van der Waals surface area contributed by atoms with Crippen molar-refractivity contribution in [3.63, 3.8) is 0 Å². The largest absolute Gasteiger partial charge is 0.390 e. The van der Waals surface area contributed by atoms with Crippen molar-refractivity contribution in [2.45, 2.75) is 45.6 Å². The summed E-state index contributed by atoms with van der Waals surface area (Å²) in [5.74, 6) is 0. The summed E-state index contributed by atoms with van der Waals surface area (Å²) in [5.41, 5.74) is -0.375. The molecule has 0 unspecified atom stereocenters. The quantitative estimate of drug-likeness (QED) is 0.844. The van der Waals surface area contributed by atoms with Crippen molar-refractivity contribution in [2.75, 3.05) is 0 Å². The predicted molar refractivity (Wildman–Crippen MR) is 35.8 cm³/mol. The average Bonchev–Trinajstić information content (AvgIpc) is 1.87. The summed E-state index contributed by atoms with van der Waals surface area (Å²) in [7, 11) is 0. The molecule has 0 aromatic heterocycles. The van der Waals surface area contributed by atoms with Gasteiger partial charge in [-0.15, -0.1) is 0 Å². The van der Waals surface area contributed by atoms with E-state index in [1.807, 2.05) is 20.8 Å². The Bertz CT molecular complexity index is 51.7. The maximum absolute atomic E-state index is 9.44. The van der Waals surface area contributed by atoms with Gasteiger partial charge in [-0.1, -0.05) is 20.8 Å².